The molecule has 0 aliphatic carbocycles. The van der Waals surface area contributed by atoms with E-state index >= 15 is 0 Å². The van der Waals surface area contributed by atoms with Gasteiger partial charge in [-0.05, 0) is 11.6 Å². The van der Waals surface area contributed by atoms with Crippen LogP contribution in [0.3, 0.4) is 0 Å². The highest BCUT2D eigenvalue weighted by Gasteiger charge is 2.19. The summed E-state index contributed by atoms with van der Waals surface area (Å²) in [5.41, 5.74) is 2.88. The van der Waals surface area contributed by atoms with Crippen molar-refractivity contribution < 1.29 is 9.90 Å². The molecule has 124 valence electrons. The Kier molecular flexibility index (Phi) is 4.86. The smallest absolute Gasteiger partial charge is 0.321 e. The molecule has 0 spiro atoms. The van der Waals surface area contributed by atoms with Gasteiger partial charge in [0.2, 0.25) is 0 Å². The molecule has 0 saturated carbocycles. The van der Waals surface area contributed by atoms with E-state index < -0.39 is 12.0 Å². The number of aryl methyl sites for hydroxylation is 1. The molecule has 0 aliphatic heterocycles. The lowest BCUT2D eigenvalue weighted by atomic mass is 10.0. The number of fused-ring (bicyclic) bond motifs is 1. The minimum Gasteiger partial charge on any atom is -0.480 e. The maximum atomic E-state index is 11.6. The molecule has 0 aliphatic rings. The molecule has 2 aromatic heterocycles. The normalized spacial score (nSPS) is 12.4. The molecule has 0 fully saturated rings. The first kappa shape index (κ1) is 16.1. The highest BCUT2D eigenvalue weighted by Crippen LogP contribution is 2.19. The van der Waals surface area contributed by atoms with Crippen LogP contribution in [0.2, 0.25) is 0 Å². The number of hydrogen-bond donors (Lipinski definition) is 3. The second kappa shape index (κ2) is 7.23. The third-order valence-electron chi connectivity index (χ3n) is 4.02. The number of aromatic nitrogens is 3. The highest BCUT2D eigenvalue weighted by molar-refractivity contribution is 5.84. The van der Waals surface area contributed by atoms with E-state index in [9.17, 15) is 9.90 Å². The molecule has 3 aromatic rings. The van der Waals surface area contributed by atoms with Gasteiger partial charge in [-0.3, -0.25) is 10.1 Å². The molecular weight excluding hydrogens is 304 g/mol. The Morgan fingerprint density at radius 2 is 2.04 bits per heavy atom. The van der Waals surface area contributed by atoms with Gasteiger partial charge in [0.15, 0.2) is 0 Å². The van der Waals surface area contributed by atoms with Crippen molar-refractivity contribution in [3.8, 4) is 0 Å². The van der Waals surface area contributed by atoms with E-state index in [4.69, 9.17) is 0 Å². The number of aliphatic carboxylic acids is 1. The number of H-pyrrole nitrogens is 1. The molecule has 6 heteroatoms. The lowest BCUT2D eigenvalue weighted by molar-refractivity contribution is -0.139. The van der Waals surface area contributed by atoms with Crippen LogP contribution in [0.1, 0.15) is 23.9 Å². The lowest BCUT2D eigenvalue weighted by Crippen LogP contribution is -2.38. The molecule has 1 unspecified atom stereocenters. The van der Waals surface area contributed by atoms with Crippen LogP contribution in [-0.4, -0.2) is 32.1 Å². The standard InChI is InChI=1S/C18H20N4O2/c1-2-17-21-9-12(10-22-17)8-19-16(18(23)24)7-13-11-20-15-6-4-3-5-14(13)15/h3-6,9-11,16,19-20H,2,7-8H2,1H3,(H,23,24). The number of nitrogens with one attached hydrogen (secondary N) is 2. The van der Waals surface area contributed by atoms with Crippen LogP contribution in [-0.2, 0) is 24.2 Å². The average molecular weight is 324 g/mol. The van der Waals surface area contributed by atoms with E-state index in [1.165, 1.54) is 0 Å². The number of benzene rings is 1. The quantitative estimate of drug-likeness (QED) is 0.620. The zero-order chi connectivity index (χ0) is 16.9. The van der Waals surface area contributed by atoms with Gasteiger partial charge in [0.1, 0.15) is 11.9 Å². The third kappa shape index (κ3) is 3.60. The molecule has 3 N–H and O–H groups in total. The highest BCUT2D eigenvalue weighted by atomic mass is 16.4. The molecule has 0 amide bonds. The zero-order valence-electron chi connectivity index (χ0n) is 13.5. The Morgan fingerprint density at radius 3 is 2.75 bits per heavy atom. The Balaban J connectivity index is 1.69. The monoisotopic (exact) mass is 324 g/mol. The van der Waals surface area contributed by atoms with Crippen LogP contribution in [0.25, 0.3) is 10.9 Å². The molecule has 2 heterocycles. The minimum atomic E-state index is -0.869. The summed E-state index contributed by atoms with van der Waals surface area (Å²) in [5.74, 6) is -0.0845. The number of nitrogens with zero attached hydrogens (tertiary/aromatic N) is 2. The molecule has 3 rings (SSSR count). The number of carboxylic acid groups (broad SMARTS) is 1. The van der Waals surface area contributed by atoms with Gasteiger partial charge in [-0.2, -0.15) is 0 Å². The molecule has 6 nitrogen and oxygen atoms in total. The largest absolute Gasteiger partial charge is 0.480 e. The Bertz CT molecular complexity index is 826. The van der Waals surface area contributed by atoms with Crippen molar-refractivity contribution in [1.82, 2.24) is 20.3 Å². The van der Waals surface area contributed by atoms with Gasteiger partial charge < -0.3 is 10.1 Å². The second-order valence-corrected chi connectivity index (χ2v) is 5.70. The van der Waals surface area contributed by atoms with Gasteiger partial charge in [-0.15, -0.1) is 0 Å². The van der Waals surface area contributed by atoms with Crippen molar-refractivity contribution in [3.05, 3.63) is 59.8 Å². The van der Waals surface area contributed by atoms with E-state index in [0.717, 1.165) is 34.3 Å². The first-order valence-corrected chi connectivity index (χ1v) is 7.98. The van der Waals surface area contributed by atoms with Gasteiger partial charge in [0.25, 0.3) is 0 Å². The fraction of sp³-hybridized carbons (Fsp3) is 0.278. The Morgan fingerprint density at radius 1 is 1.29 bits per heavy atom. The fourth-order valence-electron chi connectivity index (χ4n) is 2.66. The molecule has 0 radical (unpaired) electrons. The second-order valence-electron chi connectivity index (χ2n) is 5.70. The topological polar surface area (TPSA) is 90.9 Å². The first-order valence-electron chi connectivity index (χ1n) is 7.98. The van der Waals surface area contributed by atoms with Crippen LogP contribution in [0.4, 0.5) is 0 Å². The lowest BCUT2D eigenvalue weighted by Gasteiger charge is -2.14. The van der Waals surface area contributed by atoms with Crippen LogP contribution >= 0.6 is 0 Å². The van der Waals surface area contributed by atoms with Crippen molar-refractivity contribution in [1.29, 1.82) is 0 Å². The predicted molar refractivity (Wildman–Crippen MR) is 91.7 cm³/mol. The maximum absolute atomic E-state index is 11.6. The summed E-state index contributed by atoms with van der Waals surface area (Å²) in [6.45, 7) is 2.41. The Hall–Kier alpha value is -2.73. The number of carbonyl (C=O) groups is 1. The molecular formula is C18H20N4O2. The number of para-hydroxylation sites is 1. The van der Waals surface area contributed by atoms with E-state index in [-0.39, 0.29) is 0 Å². The minimum absolute atomic E-state index is 0.410. The number of aromatic amines is 1. The van der Waals surface area contributed by atoms with Crippen molar-refractivity contribution >= 4 is 16.9 Å². The fourth-order valence-corrected chi connectivity index (χ4v) is 2.66. The Labute approximate surface area is 140 Å². The summed E-state index contributed by atoms with van der Waals surface area (Å²) >= 11 is 0. The average Bonchev–Trinajstić information content (AvgIpc) is 3.02. The summed E-state index contributed by atoms with van der Waals surface area (Å²) < 4.78 is 0. The SMILES string of the molecule is CCc1ncc(CNC(Cc2c[nH]c3ccccc23)C(=O)O)cn1. The van der Waals surface area contributed by atoms with Gasteiger partial charge in [0, 0.05) is 54.4 Å². The zero-order valence-corrected chi connectivity index (χ0v) is 13.5. The van der Waals surface area contributed by atoms with Gasteiger partial charge in [0.05, 0.1) is 0 Å². The summed E-state index contributed by atoms with van der Waals surface area (Å²) in [6, 6.07) is 7.21. The van der Waals surface area contributed by atoms with Gasteiger partial charge in [-0.25, -0.2) is 9.97 Å². The van der Waals surface area contributed by atoms with Crippen LogP contribution < -0.4 is 5.32 Å². The molecule has 0 saturated heterocycles. The number of hydrogen-bond acceptors (Lipinski definition) is 4. The molecule has 1 atom stereocenters. The van der Waals surface area contributed by atoms with Crippen molar-refractivity contribution in [3.63, 3.8) is 0 Å². The van der Waals surface area contributed by atoms with E-state index in [1.807, 2.05) is 37.4 Å². The summed E-state index contributed by atoms with van der Waals surface area (Å²) in [7, 11) is 0. The van der Waals surface area contributed by atoms with Gasteiger partial charge in [-0.1, -0.05) is 25.1 Å². The van der Waals surface area contributed by atoms with E-state index in [0.29, 0.717) is 13.0 Å². The molecule has 24 heavy (non-hydrogen) atoms. The number of rotatable bonds is 7. The van der Waals surface area contributed by atoms with Crippen molar-refractivity contribution in [2.75, 3.05) is 0 Å². The van der Waals surface area contributed by atoms with Crippen LogP contribution in [0.5, 0.6) is 0 Å². The van der Waals surface area contributed by atoms with Crippen LogP contribution in [0, 0.1) is 0 Å². The van der Waals surface area contributed by atoms with Crippen molar-refractivity contribution in [2.45, 2.75) is 32.4 Å². The summed E-state index contributed by atoms with van der Waals surface area (Å²) in [6.07, 6.45) is 6.55. The van der Waals surface area contributed by atoms with Crippen molar-refractivity contribution in [2.24, 2.45) is 0 Å². The van der Waals surface area contributed by atoms with E-state index in [2.05, 4.69) is 20.3 Å². The van der Waals surface area contributed by atoms with E-state index in [1.54, 1.807) is 12.4 Å². The maximum Gasteiger partial charge on any atom is 0.321 e. The first-order chi connectivity index (χ1) is 11.7. The summed E-state index contributed by atoms with van der Waals surface area (Å²) in [5, 5.41) is 13.6. The van der Waals surface area contributed by atoms with Gasteiger partial charge >= 0.3 is 5.97 Å². The molecule has 0 bridgehead atoms. The number of carboxylic acids is 1. The predicted octanol–water partition coefficient (Wildman–Crippen LogP) is 2.31. The van der Waals surface area contributed by atoms with Crippen LogP contribution in [0.15, 0.2) is 42.9 Å². The summed E-state index contributed by atoms with van der Waals surface area (Å²) in [4.78, 5) is 23.2. The molecule has 1 aromatic carbocycles. The third-order valence-corrected chi connectivity index (χ3v) is 4.02.